The number of nitrogens with one attached hydrogen (secondary N) is 1. The molecule has 0 bridgehead atoms. The predicted octanol–water partition coefficient (Wildman–Crippen LogP) is 0.856. The molecule has 0 amide bonds. The first-order valence-electron chi connectivity index (χ1n) is 4.29. The molecular formula is C8H18N2OS. The number of rotatable bonds is 2. The maximum Gasteiger partial charge on any atom is 0.0663 e. The Labute approximate surface area is 75.1 Å². The molecule has 1 saturated heterocycles. The molecule has 1 rings (SSSR count). The molecule has 1 atom stereocenters. The van der Waals surface area contributed by atoms with Gasteiger partial charge in [-0.2, -0.15) is 0 Å². The van der Waals surface area contributed by atoms with Crippen LogP contribution >= 0.6 is 0 Å². The largest absolute Gasteiger partial charge is 0.310 e. The van der Waals surface area contributed by atoms with Gasteiger partial charge in [0, 0.05) is 27.8 Å². The topological polar surface area (TPSA) is 41.5 Å². The quantitative estimate of drug-likeness (QED) is 0.701. The van der Waals surface area contributed by atoms with Crippen molar-refractivity contribution in [1.82, 2.24) is 5.32 Å². The molecule has 0 saturated carbocycles. The van der Waals surface area contributed by atoms with E-state index in [-0.39, 0.29) is 5.54 Å². The zero-order valence-corrected chi connectivity index (χ0v) is 8.91. The van der Waals surface area contributed by atoms with Gasteiger partial charge in [0.1, 0.15) is 0 Å². The highest BCUT2D eigenvalue weighted by molar-refractivity contribution is 7.92. The molecule has 1 unspecified atom stereocenters. The Morgan fingerprint density at radius 2 is 2.25 bits per heavy atom. The Balaban J connectivity index is 2.57. The van der Waals surface area contributed by atoms with Gasteiger partial charge in [0.15, 0.2) is 0 Å². The van der Waals surface area contributed by atoms with Crippen LogP contribution in [0.25, 0.3) is 0 Å². The lowest BCUT2D eigenvalue weighted by Crippen LogP contribution is -2.39. The zero-order chi connectivity index (χ0) is 9.24. The summed E-state index contributed by atoms with van der Waals surface area (Å²) in [6, 6.07) is 0. The normalized spacial score (nSPS) is 30.6. The minimum atomic E-state index is -1.91. The molecule has 12 heavy (non-hydrogen) atoms. The molecule has 1 fully saturated rings. The summed E-state index contributed by atoms with van der Waals surface area (Å²) in [6.07, 6.45) is 5.73. The Morgan fingerprint density at radius 1 is 1.58 bits per heavy atom. The number of nitrogens with zero attached hydrogens (tertiary/aromatic N) is 1. The first-order valence-corrected chi connectivity index (χ1v) is 6.62. The smallest absolute Gasteiger partial charge is 0.0663 e. The van der Waals surface area contributed by atoms with E-state index in [1.165, 1.54) is 6.42 Å². The minimum absolute atomic E-state index is 0.106. The SMILES string of the molecule is CC1(CN=S(C)(C)=O)CCCN1. The summed E-state index contributed by atoms with van der Waals surface area (Å²) in [6.45, 7) is 3.90. The van der Waals surface area contributed by atoms with Crippen LogP contribution in [0.4, 0.5) is 0 Å². The zero-order valence-electron chi connectivity index (χ0n) is 8.09. The maximum atomic E-state index is 11.3. The Bertz CT molecular complexity index is 252. The van der Waals surface area contributed by atoms with Crippen LogP contribution in [0.3, 0.4) is 0 Å². The van der Waals surface area contributed by atoms with E-state index in [0.29, 0.717) is 6.54 Å². The first kappa shape index (κ1) is 9.99. The van der Waals surface area contributed by atoms with E-state index in [0.717, 1.165) is 13.0 Å². The second kappa shape index (κ2) is 3.34. The second-order valence-electron chi connectivity index (χ2n) is 4.06. The summed E-state index contributed by atoms with van der Waals surface area (Å²) in [5, 5.41) is 3.39. The standard InChI is InChI=1S/C8H18N2OS/c1-8(5-4-6-9-8)7-10-12(2,3)11/h9H,4-7H2,1-3H3. The van der Waals surface area contributed by atoms with Crippen molar-refractivity contribution in [3.8, 4) is 0 Å². The molecule has 0 aliphatic carbocycles. The summed E-state index contributed by atoms with van der Waals surface area (Å²) < 4.78 is 15.5. The number of hydrogen-bond acceptors (Lipinski definition) is 3. The molecule has 1 N–H and O–H groups in total. The van der Waals surface area contributed by atoms with Crippen molar-refractivity contribution >= 4 is 9.73 Å². The lowest BCUT2D eigenvalue weighted by Gasteiger charge is -2.21. The van der Waals surface area contributed by atoms with Gasteiger partial charge < -0.3 is 5.32 Å². The van der Waals surface area contributed by atoms with Crippen molar-refractivity contribution in [3.63, 3.8) is 0 Å². The molecule has 1 aliphatic rings. The summed E-state index contributed by atoms with van der Waals surface area (Å²) in [7, 11) is -1.91. The van der Waals surface area contributed by atoms with Crippen molar-refractivity contribution in [1.29, 1.82) is 0 Å². The average Bonchev–Trinajstić information content (AvgIpc) is 2.32. The predicted molar refractivity (Wildman–Crippen MR) is 52.9 cm³/mol. The third kappa shape index (κ3) is 3.11. The van der Waals surface area contributed by atoms with Crippen molar-refractivity contribution in [2.24, 2.45) is 4.36 Å². The van der Waals surface area contributed by atoms with Crippen molar-refractivity contribution in [2.75, 3.05) is 25.6 Å². The molecule has 1 heterocycles. The molecule has 0 spiro atoms. The summed E-state index contributed by atoms with van der Waals surface area (Å²) in [5.41, 5.74) is 0.106. The average molecular weight is 190 g/mol. The van der Waals surface area contributed by atoms with Crippen LogP contribution in [0, 0.1) is 0 Å². The van der Waals surface area contributed by atoms with Crippen LogP contribution in [0.2, 0.25) is 0 Å². The van der Waals surface area contributed by atoms with Gasteiger partial charge in [0.25, 0.3) is 0 Å². The summed E-state index contributed by atoms with van der Waals surface area (Å²) in [4.78, 5) is 0. The second-order valence-corrected chi connectivity index (χ2v) is 6.68. The van der Waals surface area contributed by atoms with E-state index in [2.05, 4.69) is 16.6 Å². The van der Waals surface area contributed by atoms with Gasteiger partial charge in [-0.1, -0.05) is 0 Å². The van der Waals surface area contributed by atoms with Crippen LogP contribution in [-0.2, 0) is 9.73 Å². The lowest BCUT2D eigenvalue weighted by atomic mass is 10.0. The van der Waals surface area contributed by atoms with Gasteiger partial charge in [-0.05, 0) is 26.3 Å². The highest BCUT2D eigenvalue weighted by atomic mass is 32.2. The van der Waals surface area contributed by atoms with Crippen LogP contribution < -0.4 is 5.32 Å². The molecule has 72 valence electrons. The first-order chi connectivity index (χ1) is 5.41. The Hall–Kier alpha value is -0.0900. The van der Waals surface area contributed by atoms with Crippen molar-refractivity contribution in [2.45, 2.75) is 25.3 Å². The lowest BCUT2D eigenvalue weighted by molar-refractivity contribution is 0.429. The van der Waals surface area contributed by atoms with E-state index >= 15 is 0 Å². The molecule has 4 heteroatoms. The third-order valence-electron chi connectivity index (χ3n) is 2.18. The van der Waals surface area contributed by atoms with Gasteiger partial charge in [-0.3, -0.25) is 4.21 Å². The fourth-order valence-electron chi connectivity index (χ4n) is 1.39. The van der Waals surface area contributed by atoms with Gasteiger partial charge in [-0.15, -0.1) is 0 Å². The molecule has 0 radical (unpaired) electrons. The van der Waals surface area contributed by atoms with Gasteiger partial charge in [0.05, 0.1) is 6.54 Å². The number of hydrogen-bond donors (Lipinski definition) is 1. The summed E-state index contributed by atoms with van der Waals surface area (Å²) in [5.74, 6) is 0. The van der Waals surface area contributed by atoms with Gasteiger partial charge >= 0.3 is 0 Å². The van der Waals surface area contributed by atoms with Gasteiger partial charge in [0.2, 0.25) is 0 Å². The van der Waals surface area contributed by atoms with Crippen LogP contribution in [-0.4, -0.2) is 35.3 Å². The molecule has 0 aromatic rings. The van der Waals surface area contributed by atoms with Crippen molar-refractivity contribution < 1.29 is 4.21 Å². The Kier molecular flexibility index (Phi) is 2.78. The van der Waals surface area contributed by atoms with Crippen molar-refractivity contribution in [3.05, 3.63) is 0 Å². The molecule has 0 aromatic heterocycles. The Morgan fingerprint density at radius 3 is 2.67 bits per heavy atom. The minimum Gasteiger partial charge on any atom is -0.310 e. The van der Waals surface area contributed by atoms with E-state index in [9.17, 15) is 4.21 Å². The summed E-state index contributed by atoms with van der Waals surface area (Å²) >= 11 is 0. The highest BCUT2D eigenvalue weighted by Gasteiger charge is 2.27. The van der Waals surface area contributed by atoms with E-state index in [1.54, 1.807) is 12.5 Å². The molecule has 3 nitrogen and oxygen atoms in total. The maximum absolute atomic E-state index is 11.3. The molecule has 1 aliphatic heterocycles. The van der Waals surface area contributed by atoms with Crippen LogP contribution in [0.15, 0.2) is 4.36 Å². The molecule has 0 aromatic carbocycles. The fourth-order valence-corrected chi connectivity index (χ4v) is 1.99. The van der Waals surface area contributed by atoms with E-state index in [1.807, 2.05) is 0 Å². The van der Waals surface area contributed by atoms with Crippen LogP contribution in [0.5, 0.6) is 0 Å². The fraction of sp³-hybridized carbons (Fsp3) is 1.00. The van der Waals surface area contributed by atoms with E-state index < -0.39 is 9.73 Å². The van der Waals surface area contributed by atoms with E-state index in [4.69, 9.17) is 0 Å². The monoisotopic (exact) mass is 190 g/mol. The third-order valence-corrected chi connectivity index (χ3v) is 2.93. The van der Waals surface area contributed by atoms with Crippen LogP contribution in [0.1, 0.15) is 19.8 Å². The van der Waals surface area contributed by atoms with Gasteiger partial charge in [-0.25, -0.2) is 4.36 Å². The molecular weight excluding hydrogens is 172 g/mol. The highest BCUT2D eigenvalue weighted by Crippen LogP contribution is 2.18.